The molecule has 0 bridgehead atoms. The molecule has 3 aliphatic rings. The van der Waals surface area contributed by atoms with Gasteiger partial charge in [0.2, 0.25) is 11.9 Å². The van der Waals surface area contributed by atoms with Crippen LogP contribution in [0.1, 0.15) is 43.2 Å². The summed E-state index contributed by atoms with van der Waals surface area (Å²) < 4.78 is 8.01. The van der Waals surface area contributed by atoms with Gasteiger partial charge in [0, 0.05) is 19.0 Å². The summed E-state index contributed by atoms with van der Waals surface area (Å²) in [6.45, 7) is 2.69. The van der Waals surface area contributed by atoms with Crippen molar-refractivity contribution in [2.24, 2.45) is 11.8 Å². The number of fused-ring (bicyclic) bond motifs is 2. The van der Waals surface area contributed by atoms with Gasteiger partial charge in [0.05, 0.1) is 6.61 Å². The fraction of sp³-hybridized carbons (Fsp3) is 0.480. The van der Waals surface area contributed by atoms with Gasteiger partial charge < -0.3 is 9.64 Å². The van der Waals surface area contributed by atoms with E-state index in [2.05, 4.69) is 44.6 Å². The van der Waals surface area contributed by atoms with Crippen LogP contribution < -0.4 is 15.0 Å². The highest BCUT2D eigenvalue weighted by Gasteiger charge is 2.30. The Balaban J connectivity index is 1.08. The number of anilines is 2. The van der Waals surface area contributed by atoms with E-state index in [-0.39, 0.29) is 11.8 Å². The van der Waals surface area contributed by atoms with Crippen molar-refractivity contribution in [3.8, 4) is 5.75 Å². The first kappa shape index (κ1) is 19.6. The first-order chi connectivity index (χ1) is 15.7. The predicted octanol–water partition coefficient (Wildman–Crippen LogP) is 3.86. The molecule has 6 rings (SSSR count). The topological polar surface area (TPSA) is 71.8 Å². The SMILES string of the molecule is O=C(Nc1nc2cccc(N3CCC(COc4ccc5c(c4)CCC5)CC3)n2n1)C1CC1. The highest BCUT2D eigenvalue weighted by atomic mass is 16.5. The lowest BCUT2D eigenvalue weighted by molar-refractivity contribution is -0.117. The molecule has 0 unspecified atom stereocenters. The molecule has 3 aromatic rings. The summed E-state index contributed by atoms with van der Waals surface area (Å²) in [5, 5.41) is 7.43. The third kappa shape index (κ3) is 3.92. The Kier molecular flexibility index (Phi) is 4.97. The number of ether oxygens (including phenoxy) is 1. The number of piperidine rings is 1. The highest BCUT2D eigenvalue weighted by Crippen LogP contribution is 2.30. The summed E-state index contributed by atoms with van der Waals surface area (Å²) in [6.07, 6.45) is 7.77. The maximum absolute atomic E-state index is 12.1. The van der Waals surface area contributed by atoms with Gasteiger partial charge >= 0.3 is 0 Å². The Hall–Kier alpha value is -3.09. The third-order valence-electron chi connectivity index (χ3n) is 7.02. The van der Waals surface area contributed by atoms with Crippen LogP contribution in [0.5, 0.6) is 5.75 Å². The summed E-state index contributed by atoms with van der Waals surface area (Å²) in [6, 6.07) is 12.6. The lowest BCUT2D eigenvalue weighted by Crippen LogP contribution is -2.36. The average molecular weight is 432 g/mol. The zero-order valence-corrected chi connectivity index (χ0v) is 18.3. The smallest absolute Gasteiger partial charge is 0.249 e. The first-order valence-electron chi connectivity index (χ1n) is 11.9. The van der Waals surface area contributed by atoms with Gasteiger partial charge in [-0.3, -0.25) is 10.1 Å². The molecule has 1 saturated heterocycles. The summed E-state index contributed by atoms with van der Waals surface area (Å²) >= 11 is 0. The van der Waals surface area contributed by atoms with Crippen LogP contribution in [0.25, 0.3) is 5.65 Å². The van der Waals surface area contributed by atoms with Crippen molar-refractivity contribution in [2.75, 3.05) is 29.9 Å². The fourth-order valence-corrected chi connectivity index (χ4v) is 4.92. The van der Waals surface area contributed by atoms with Crippen LogP contribution in [-0.4, -0.2) is 40.2 Å². The quantitative estimate of drug-likeness (QED) is 0.642. The number of hydrogen-bond donors (Lipinski definition) is 1. The Morgan fingerprint density at radius 1 is 1.06 bits per heavy atom. The number of nitrogens with one attached hydrogen (secondary N) is 1. The van der Waals surface area contributed by atoms with E-state index in [1.54, 1.807) is 0 Å². The van der Waals surface area contributed by atoms with Crippen LogP contribution >= 0.6 is 0 Å². The second kappa shape index (κ2) is 8.11. The monoisotopic (exact) mass is 431 g/mol. The van der Waals surface area contributed by atoms with Crippen LogP contribution in [0.2, 0.25) is 0 Å². The molecule has 1 aromatic carbocycles. The van der Waals surface area contributed by atoms with E-state index in [1.165, 1.54) is 30.4 Å². The standard InChI is InChI=1S/C25H29N5O2/c31-24(19-7-8-19)27-25-26-22-5-2-6-23(30(22)28-25)29-13-11-17(12-14-29)16-32-21-10-9-18-3-1-4-20(18)15-21/h2,5-6,9-10,15,17,19H,1,3-4,7-8,11-14,16H2,(H,27,28,31). The third-order valence-corrected chi connectivity index (χ3v) is 7.02. The van der Waals surface area contributed by atoms with E-state index in [0.717, 1.165) is 62.6 Å². The molecule has 0 radical (unpaired) electrons. The maximum atomic E-state index is 12.1. The molecule has 3 heterocycles. The van der Waals surface area contributed by atoms with Crippen molar-refractivity contribution in [1.82, 2.24) is 14.6 Å². The molecule has 2 aliphatic carbocycles. The molecule has 1 N–H and O–H groups in total. The number of rotatable bonds is 6. The lowest BCUT2D eigenvalue weighted by Gasteiger charge is -2.33. The van der Waals surface area contributed by atoms with Gasteiger partial charge in [0.25, 0.3) is 0 Å². The molecule has 2 aromatic heterocycles. The van der Waals surface area contributed by atoms with Crippen molar-refractivity contribution < 1.29 is 9.53 Å². The minimum atomic E-state index is 0.0339. The summed E-state index contributed by atoms with van der Waals surface area (Å²) in [5.74, 6) is 3.17. The Morgan fingerprint density at radius 2 is 1.91 bits per heavy atom. The van der Waals surface area contributed by atoms with Crippen LogP contribution in [0.15, 0.2) is 36.4 Å². The van der Waals surface area contributed by atoms with Gasteiger partial charge in [-0.15, -0.1) is 5.10 Å². The number of aromatic nitrogens is 3. The molecule has 166 valence electrons. The Labute approximate surface area is 187 Å². The van der Waals surface area contributed by atoms with Gasteiger partial charge in [0.1, 0.15) is 11.6 Å². The predicted molar refractivity (Wildman–Crippen MR) is 123 cm³/mol. The molecule has 1 saturated carbocycles. The second-order valence-electron chi connectivity index (χ2n) is 9.38. The largest absolute Gasteiger partial charge is 0.493 e. The van der Waals surface area contributed by atoms with Gasteiger partial charge in [-0.1, -0.05) is 12.1 Å². The minimum absolute atomic E-state index is 0.0339. The molecular weight excluding hydrogens is 402 g/mol. The van der Waals surface area contributed by atoms with Crippen molar-refractivity contribution in [2.45, 2.75) is 44.9 Å². The van der Waals surface area contributed by atoms with Gasteiger partial charge in [0.15, 0.2) is 5.65 Å². The van der Waals surface area contributed by atoms with Gasteiger partial charge in [-0.25, -0.2) is 0 Å². The van der Waals surface area contributed by atoms with Crippen molar-refractivity contribution in [3.05, 3.63) is 47.5 Å². The number of benzene rings is 1. The zero-order chi connectivity index (χ0) is 21.5. The molecule has 0 spiro atoms. The number of pyridine rings is 1. The average Bonchev–Trinajstić information content (AvgIpc) is 3.43. The van der Waals surface area contributed by atoms with Crippen LogP contribution in [0, 0.1) is 11.8 Å². The van der Waals surface area contributed by atoms with E-state index in [9.17, 15) is 4.79 Å². The van der Waals surface area contributed by atoms with E-state index >= 15 is 0 Å². The summed E-state index contributed by atoms with van der Waals surface area (Å²) in [4.78, 5) is 18.9. The normalized spacial score (nSPS) is 18.7. The van der Waals surface area contributed by atoms with Crippen molar-refractivity contribution >= 4 is 23.3 Å². The van der Waals surface area contributed by atoms with E-state index in [1.807, 2.05) is 16.6 Å². The molecule has 2 fully saturated rings. The molecule has 1 amide bonds. The van der Waals surface area contributed by atoms with Crippen LogP contribution in [0.4, 0.5) is 11.8 Å². The number of aryl methyl sites for hydroxylation is 2. The number of carbonyl (C=O) groups is 1. The van der Waals surface area contributed by atoms with E-state index in [4.69, 9.17) is 4.74 Å². The zero-order valence-electron chi connectivity index (χ0n) is 18.3. The maximum Gasteiger partial charge on any atom is 0.249 e. The molecule has 32 heavy (non-hydrogen) atoms. The highest BCUT2D eigenvalue weighted by molar-refractivity contribution is 5.92. The Morgan fingerprint density at radius 3 is 2.75 bits per heavy atom. The fourth-order valence-electron chi connectivity index (χ4n) is 4.92. The molecule has 0 atom stereocenters. The first-order valence-corrected chi connectivity index (χ1v) is 11.9. The summed E-state index contributed by atoms with van der Waals surface area (Å²) in [5.41, 5.74) is 3.71. The number of amides is 1. The minimum Gasteiger partial charge on any atom is -0.493 e. The lowest BCUT2D eigenvalue weighted by atomic mass is 9.98. The molecule has 1 aliphatic heterocycles. The Bertz CT molecular complexity index is 1140. The van der Waals surface area contributed by atoms with Gasteiger partial charge in [-0.05, 0) is 86.3 Å². The number of hydrogen-bond acceptors (Lipinski definition) is 5. The van der Waals surface area contributed by atoms with Crippen LogP contribution in [0.3, 0.4) is 0 Å². The van der Waals surface area contributed by atoms with Crippen molar-refractivity contribution in [3.63, 3.8) is 0 Å². The van der Waals surface area contributed by atoms with Crippen LogP contribution in [-0.2, 0) is 17.6 Å². The van der Waals surface area contributed by atoms with Gasteiger partial charge in [-0.2, -0.15) is 9.50 Å². The molecule has 7 nitrogen and oxygen atoms in total. The second-order valence-corrected chi connectivity index (χ2v) is 9.38. The molecular formula is C25H29N5O2. The number of carbonyl (C=O) groups excluding carboxylic acids is 1. The van der Waals surface area contributed by atoms with Crippen molar-refractivity contribution in [1.29, 1.82) is 0 Å². The van der Waals surface area contributed by atoms with E-state index < -0.39 is 0 Å². The molecule has 7 heteroatoms. The van der Waals surface area contributed by atoms with E-state index in [0.29, 0.717) is 11.9 Å². The summed E-state index contributed by atoms with van der Waals surface area (Å²) in [7, 11) is 0. The number of nitrogens with zero attached hydrogens (tertiary/aromatic N) is 4.